The van der Waals surface area contributed by atoms with E-state index in [1.165, 1.54) is 16.5 Å². The molecule has 164 valence electrons. The van der Waals surface area contributed by atoms with Crippen molar-refractivity contribution in [3.05, 3.63) is 70.9 Å². The molecule has 3 rings (SSSR count). The van der Waals surface area contributed by atoms with E-state index in [1.807, 2.05) is 31.3 Å². The number of carbonyl (C=O) groups excluding carboxylic acids is 2. The monoisotopic (exact) mass is 420 g/mol. The van der Waals surface area contributed by atoms with Crippen LogP contribution in [0.2, 0.25) is 0 Å². The van der Waals surface area contributed by atoms with Crippen molar-refractivity contribution in [2.24, 2.45) is 5.73 Å². The molecule has 2 amide bonds. The van der Waals surface area contributed by atoms with Gasteiger partial charge in [0.1, 0.15) is 0 Å². The van der Waals surface area contributed by atoms with Crippen molar-refractivity contribution in [2.75, 3.05) is 34.2 Å². The Hall–Kier alpha value is -3.12. The predicted octanol–water partition coefficient (Wildman–Crippen LogP) is 2.54. The van der Waals surface area contributed by atoms with Gasteiger partial charge in [-0.3, -0.25) is 9.59 Å². The van der Waals surface area contributed by atoms with Crippen molar-refractivity contribution in [3.8, 4) is 0 Å². The number of nitrogens with two attached hydrogens (primary N) is 1. The van der Waals surface area contributed by atoms with Gasteiger partial charge in [-0.05, 0) is 61.3 Å². The molecule has 0 saturated carbocycles. The Morgan fingerprint density at radius 3 is 2.16 bits per heavy atom. The predicted molar refractivity (Wildman–Crippen MR) is 125 cm³/mol. The summed E-state index contributed by atoms with van der Waals surface area (Å²) in [5.41, 5.74) is 10.7. The molecule has 0 bridgehead atoms. The fourth-order valence-corrected chi connectivity index (χ4v) is 3.64. The van der Waals surface area contributed by atoms with Crippen molar-refractivity contribution in [1.29, 1.82) is 0 Å². The molecule has 6 heteroatoms. The Labute approximate surface area is 184 Å². The number of amides is 2. The average Bonchev–Trinajstić information content (AvgIpc) is 3.13. The van der Waals surface area contributed by atoms with Crippen LogP contribution < -0.4 is 5.73 Å². The Morgan fingerprint density at radius 1 is 0.871 bits per heavy atom. The summed E-state index contributed by atoms with van der Waals surface area (Å²) in [6.07, 6.45) is 4.48. The van der Waals surface area contributed by atoms with Gasteiger partial charge in [0, 0.05) is 37.2 Å². The number of hydrogen-bond donors (Lipinski definition) is 2. The van der Waals surface area contributed by atoms with Gasteiger partial charge < -0.3 is 20.5 Å². The molecule has 0 aliphatic rings. The van der Waals surface area contributed by atoms with Gasteiger partial charge >= 0.3 is 0 Å². The van der Waals surface area contributed by atoms with E-state index < -0.39 is 0 Å². The number of likely N-dealkylation sites (N-methyl/N-ethyl adjacent to an activating group) is 2. The third-order valence-electron chi connectivity index (χ3n) is 5.58. The van der Waals surface area contributed by atoms with E-state index >= 15 is 0 Å². The van der Waals surface area contributed by atoms with Gasteiger partial charge in [0.25, 0.3) is 0 Å². The number of primary amides is 1. The first-order valence-electron chi connectivity index (χ1n) is 10.7. The molecule has 0 aliphatic heterocycles. The number of fused-ring (bicyclic) bond motifs is 1. The highest BCUT2D eigenvalue weighted by atomic mass is 16.2. The highest BCUT2D eigenvalue weighted by Gasteiger charge is 2.11. The van der Waals surface area contributed by atoms with Crippen LogP contribution in [0.3, 0.4) is 0 Å². The number of carbonyl (C=O) groups is 2. The number of aromatic nitrogens is 1. The van der Waals surface area contributed by atoms with Gasteiger partial charge in [-0.15, -0.1) is 0 Å². The summed E-state index contributed by atoms with van der Waals surface area (Å²) in [7, 11) is 6.02. The molecule has 0 atom stereocenters. The topological polar surface area (TPSA) is 82.4 Å². The number of aromatic amines is 1. The fraction of sp³-hybridized carbons (Fsp3) is 0.360. The molecule has 0 fully saturated rings. The molecular weight excluding hydrogens is 388 g/mol. The minimum atomic E-state index is -0.355. The maximum absolute atomic E-state index is 12.6. The summed E-state index contributed by atoms with van der Waals surface area (Å²) in [5, 5.41) is 1.27. The molecule has 0 spiro atoms. The number of nitrogens with zero attached hydrogens (tertiary/aromatic N) is 2. The second kappa shape index (κ2) is 10.3. The zero-order valence-corrected chi connectivity index (χ0v) is 18.6. The van der Waals surface area contributed by atoms with Crippen LogP contribution in [0, 0.1) is 0 Å². The van der Waals surface area contributed by atoms with Crippen LogP contribution in [0.1, 0.15) is 22.3 Å². The number of rotatable bonds is 10. The van der Waals surface area contributed by atoms with Gasteiger partial charge in [-0.2, -0.15) is 0 Å². The van der Waals surface area contributed by atoms with Crippen LogP contribution in [0.25, 0.3) is 10.9 Å². The quantitative estimate of drug-likeness (QED) is 0.529. The fourth-order valence-electron chi connectivity index (χ4n) is 3.64. The van der Waals surface area contributed by atoms with Crippen LogP contribution in [0.5, 0.6) is 0 Å². The van der Waals surface area contributed by atoms with Crippen molar-refractivity contribution >= 4 is 22.7 Å². The van der Waals surface area contributed by atoms with E-state index in [9.17, 15) is 9.59 Å². The third-order valence-corrected chi connectivity index (χ3v) is 5.58. The Morgan fingerprint density at radius 2 is 1.52 bits per heavy atom. The lowest BCUT2D eigenvalue weighted by Crippen LogP contribution is -2.30. The van der Waals surface area contributed by atoms with E-state index in [1.54, 1.807) is 4.90 Å². The molecule has 0 radical (unpaired) electrons. The van der Waals surface area contributed by atoms with Gasteiger partial charge in [0.15, 0.2) is 0 Å². The lowest BCUT2D eigenvalue weighted by Gasteiger charge is -2.17. The first-order chi connectivity index (χ1) is 14.8. The third kappa shape index (κ3) is 6.43. The van der Waals surface area contributed by atoms with Gasteiger partial charge in [0.05, 0.1) is 12.8 Å². The average molecular weight is 421 g/mol. The molecule has 6 nitrogen and oxygen atoms in total. The van der Waals surface area contributed by atoms with Crippen LogP contribution >= 0.6 is 0 Å². The van der Waals surface area contributed by atoms with Crippen LogP contribution in [0.4, 0.5) is 0 Å². The number of nitrogens with one attached hydrogen (secondary N) is 1. The first-order valence-corrected chi connectivity index (χ1v) is 10.7. The van der Waals surface area contributed by atoms with E-state index in [-0.39, 0.29) is 18.2 Å². The molecule has 31 heavy (non-hydrogen) atoms. The lowest BCUT2D eigenvalue weighted by atomic mass is 10.0. The highest BCUT2D eigenvalue weighted by Crippen LogP contribution is 2.21. The summed E-state index contributed by atoms with van der Waals surface area (Å²) >= 11 is 0. The normalized spacial score (nSPS) is 11.2. The van der Waals surface area contributed by atoms with Crippen LogP contribution in [-0.2, 0) is 35.3 Å². The van der Waals surface area contributed by atoms with Crippen LogP contribution in [-0.4, -0.2) is 60.8 Å². The smallest absolute Gasteiger partial charge is 0.226 e. The van der Waals surface area contributed by atoms with E-state index in [2.05, 4.69) is 48.4 Å². The number of benzene rings is 2. The zero-order chi connectivity index (χ0) is 22.4. The molecule has 0 unspecified atom stereocenters. The molecule has 1 heterocycles. The molecule has 3 aromatic rings. The van der Waals surface area contributed by atoms with Crippen LogP contribution in [0.15, 0.2) is 48.7 Å². The number of H-pyrrole nitrogens is 1. The van der Waals surface area contributed by atoms with Gasteiger partial charge in [-0.25, -0.2) is 0 Å². The molecule has 0 saturated heterocycles. The van der Waals surface area contributed by atoms with E-state index in [4.69, 9.17) is 5.73 Å². The Kier molecular flexibility index (Phi) is 7.47. The first kappa shape index (κ1) is 22.6. The summed E-state index contributed by atoms with van der Waals surface area (Å²) in [6.45, 7) is 1.68. The zero-order valence-electron chi connectivity index (χ0n) is 18.6. The second-order valence-corrected chi connectivity index (χ2v) is 8.45. The Bertz CT molecular complexity index is 1040. The van der Waals surface area contributed by atoms with Crippen molar-refractivity contribution in [1.82, 2.24) is 14.8 Å². The summed E-state index contributed by atoms with van der Waals surface area (Å²) in [6, 6.07) is 14.0. The maximum Gasteiger partial charge on any atom is 0.226 e. The maximum atomic E-state index is 12.6. The largest absolute Gasteiger partial charge is 0.369 e. The minimum Gasteiger partial charge on any atom is -0.369 e. The molecule has 3 N–H and O–H groups in total. The second-order valence-electron chi connectivity index (χ2n) is 8.45. The SMILES string of the molecule is CN(C)CCc1c[nH]c2ccc(CCN(C)C(=O)Cc3ccc(CC(N)=O)cc3)cc12. The number of hydrogen-bond acceptors (Lipinski definition) is 3. The van der Waals surface area contributed by atoms with Gasteiger partial charge in [-0.1, -0.05) is 30.3 Å². The van der Waals surface area contributed by atoms with E-state index in [0.717, 1.165) is 36.0 Å². The molecule has 1 aromatic heterocycles. The molecule has 0 aliphatic carbocycles. The van der Waals surface area contributed by atoms with E-state index in [0.29, 0.717) is 13.0 Å². The highest BCUT2D eigenvalue weighted by molar-refractivity contribution is 5.84. The molecule has 2 aromatic carbocycles. The van der Waals surface area contributed by atoms with Crippen molar-refractivity contribution in [2.45, 2.75) is 25.7 Å². The minimum absolute atomic E-state index is 0.0806. The van der Waals surface area contributed by atoms with Gasteiger partial charge in [0.2, 0.25) is 11.8 Å². The summed E-state index contributed by atoms with van der Waals surface area (Å²) in [4.78, 5) is 30.9. The Balaban J connectivity index is 1.56. The standard InChI is InChI=1S/C25H32N4O2/c1-28(2)12-11-21-17-27-23-9-8-20(14-22(21)23)10-13-29(3)25(31)16-19-6-4-18(5-7-19)15-24(26)30/h4-9,14,17,27H,10-13,15-16H2,1-3H3,(H2,26,30). The summed E-state index contributed by atoms with van der Waals surface area (Å²) in [5.74, 6) is -0.275. The summed E-state index contributed by atoms with van der Waals surface area (Å²) < 4.78 is 0. The van der Waals surface area contributed by atoms with Crippen molar-refractivity contribution in [3.63, 3.8) is 0 Å². The lowest BCUT2D eigenvalue weighted by molar-refractivity contribution is -0.129. The molecular formula is C25H32N4O2. The van der Waals surface area contributed by atoms with Crippen molar-refractivity contribution < 1.29 is 9.59 Å².